The van der Waals surface area contributed by atoms with Crippen LogP contribution in [0.2, 0.25) is 0 Å². The van der Waals surface area contributed by atoms with Crippen molar-refractivity contribution in [2.24, 2.45) is 0 Å². The number of rotatable bonds is 6. The number of nitrogens with zero attached hydrogens (tertiary/aromatic N) is 1. The zero-order valence-electron chi connectivity index (χ0n) is 16.5. The van der Waals surface area contributed by atoms with Crippen LogP contribution in [0.15, 0.2) is 77.7 Å². The van der Waals surface area contributed by atoms with E-state index in [1.165, 1.54) is 0 Å². The van der Waals surface area contributed by atoms with E-state index in [0.29, 0.717) is 22.6 Å². The second-order valence-corrected chi connectivity index (χ2v) is 8.49. The summed E-state index contributed by atoms with van der Waals surface area (Å²) in [6, 6.07) is 20.9. The number of benzene rings is 3. The molecule has 0 saturated carbocycles. The fourth-order valence-electron chi connectivity index (χ4n) is 3.13. The number of methoxy groups -OCH3 is 2. The van der Waals surface area contributed by atoms with E-state index in [9.17, 15) is 8.42 Å². The van der Waals surface area contributed by atoms with Crippen molar-refractivity contribution in [3.05, 3.63) is 84.2 Å². The summed E-state index contributed by atoms with van der Waals surface area (Å²) in [7, 11) is -0.764. The predicted molar refractivity (Wildman–Crippen MR) is 117 cm³/mol. The van der Waals surface area contributed by atoms with E-state index in [-0.39, 0.29) is 15.6 Å². The maximum absolute atomic E-state index is 13.5. The van der Waals surface area contributed by atoms with Crippen molar-refractivity contribution >= 4 is 31.9 Å². The molecule has 1 N–H and O–H groups in total. The van der Waals surface area contributed by atoms with Crippen LogP contribution in [0.5, 0.6) is 11.5 Å². The highest BCUT2D eigenvalue weighted by Gasteiger charge is 2.25. The molecule has 152 valence electrons. The van der Waals surface area contributed by atoms with E-state index in [4.69, 9.17) is 9.47 Å². The highest BCUT2D eigenvalue weighted by Crippen LogP contribution is 2.32. The minimum atomic E-state index is -3.85. The van der Waals surface area contributed by atoms with E-state index in [0.717, 1.165) is 5.52 Å². The van der Waals surface area contributed by atoms with Gasteiger partial charge in [-0.15, -0.1) is 0 Å². The van der Waals surface area contributed by atoms with Gasteiger partial charge in [-0.1, -0.05) is 30.3 Å². The van der Waals surface area contributed by atoms with E-state index < -0.39 is 9.84 Å². The Kier molecular flexibility index (Phi) is 5.29. The fraction of sp³-hybridized carbons (Fsp3) is 0.0870. The van der Waals surface area contributed by atoms with Crippen LogP contribution in [0.1, 0.15) is 11.4 Å². The maximum atomic E-state index is 13.5. The van der Waals surface area contributed by atoms with Gasteiger partial charge in [0.05, 0.1) is 30.1 Å². The first kappa shape index (κ1) is 19.7. The standard InChI is InChI=1S/C23H20N2O4S/c1-28-17-12-16(13-18(15-17)29-2)14-22(30(26,27)19-8-4-3-5-9-19)23-24-20-10-6-7-11-21(20)25-23/h3-15H,1-2H3,(H,24,25)/b22-14+. The Labute approximate surface area is 174 Å². The van der Waals surface area contributed by atoms with Crippen molar-refractivity contribution in [2.75, 3.05) is 14.2 Å². The third-order valence-electron chi connectivity index (χ3n) is 4.64. The molecule has 0 unspecified atom stereocenters. The lowest BCUT2D eigenvalue weighted by molar-refractivity contribution is 0.394. The molecular weight excluding hydrogens is 400 g/mol. The number of ether oxygens (including phenoxy) is 2. The van der Waals surface area contributed by atoms with Crippen LogP contribution < -0.4 is 9.47 Å². The number of hydrogen-bond donors (Lipinski definition) is 1. The number of para-hydroxylation sites is 2. The number of aromatic amines is 1. The van der Waals surface area contributed by atoms with Crippen molar-refractivity contribution in [2.45, 2.75) is 4.90 Å². The van der Waals surface area contributed by atoms with Crippen molar-refractivity contribution in [1.29, 1.82) is 0 Å². The minimum absolute atomic E-state index is 0.0557. The fourth-order valence-corrected chi connectivity index (χ4v) is 4.55. The number of hydrogen-bond acceptors (Lipinski definition) is 5. The largest absolute Gasteiger partial charge is 0.497 e. The summed E-state index contributed by atoms with van der Waals surface area (Å²) in [6.45, 7) is 0. The normalized spacial score (nSPS) is 12.1. The van der Waals surface area contributed by atoms with Gasteiger partial charge in [-0.05, 0) is 48.0 Å². The summed E-state index contributed by atoms with van der Waals surface area (Å²) in [4.78, 5) is 7.89. The lowest BCUT2D eigenvalue weighted by Gasteiger charge is -2.10. The number of imidazole rings is 1. The minimum Gasteiger partial charge on any atom is -0.497 e. The molecule has 3 aromatic carbocycles. The van der Waals surface area contributed by atoms with E-state index >= 15 is 0 Å². The molecule has 4 rings (SSSR count). The molecule has 1 aromatic heterocycles. The van der Waals surface area contributed by atoms with Crippen molar-refractivity contribution in [3.8, 4) is 11.5 Å². The summed E-state index contributed by atoms with van der Waals surface area (Å²) >= 11 is 0. The van der Waals surface area contributed by atoms with Gasteiger partial charge in [0.25, 0.3) is 0 Å². The summed E-state index contributed by atoms with van der Waals surface area (Å²) in [5.74, 6) is 1.38. The van der Waals surface area contributed by atoms with Crippen LogP contribution in [0, 0.1) is 0 Å². The molecule has 7 heteroatoms. The average Bonchev–Trinajstić information content (AvgIpc) is 3.21. The van der Waals surface area contributed by atoms with Crippen LogP contribution in [0.3, 0.4) is 0 Å². The van der Waals surface area contributed by atoms with Gasteiger partial charge in [-0.3, -0.25) is 0 Å². The van der Waals surface area contributed by atoms with Gasteiger partial charge in [-0.2, -0.15) is 0 Å². The average molecular weight is 420 g/mol. The van der Waals surface area contributed by atoms with Crippen LogP contribution >= 0.6 is 0 Å². The highest BCUT2D eigenvalue weighted by molar-refractivity contribution is 8.00. The molecule has 0 amide bonds. The number of sulfone groups is 1. The monoisotopic (exact) mass is 420 g/mol. The molecule has 0 fully saturated rings. The lowest BCUT2D eigenvalue weighted by atomic mass is 10.2. The number of H-pyrrole nitrogens is 1. The second kappa shape index (κ2) is 8.04. The first-order valence-electron chi connectivity index (χ1n) is 9.21. The second-order valence-electron chi connectivity index (χ2n) is 6.57. The van der Waals surface area contributed by atoms with Crippen LogP contribution in [0.4, 0.5) is 0 Å². The van der Waals surface area contributed by atoms with Crippen LogP contribution in [-0.4, -0.2) is 32.6 Å². The predicted octanol–water partition coefficient (Wildman–Crippen LogP) is 4.55. The smallest absolute Gasteiger partial charge is 0.210 e. The molecule has 0 spiro atoms. The van der Waals surface area contributed by atoms with Crippen molar-refractivity contribution in [3.63, 3.8) is 0 Å². The molecule has 0 atom stereocenters. The van der Waals surface area contributed by atoms with E-state index in [2.05, 4.69) is 9.97 Å². The first-order chi connectivity index (χ1) is 14.5. The Morgan fingerprint density at radius 2 is 1.53 bits per heavy atom. The molecule has 0 aliphatic heterocycles. The zero-order valence-corrected chi connectivity index (χ0v) is 17.3. The zero-order chi connectivity index (χ0) is 21.1. The topological polar surface area (TPSA) is 81.3 Å². The number of nitrogens with one attached hydrogen (secondary N) is 1. The van der Waals surface area contributed by atoms with Crippen molar-refractivity contribution in [1.82, 2.24) is 9.97 Å². The van der Waals surface area contributed by atoms with E-state index in [1.807, 2.05) is 24.3 Å². The Balaban J connectivity index is 1.95. The lowest BCUT2D eigenvalue weighted by Crippen LogP contribution is -2.05. The molecular formula is C23H20N2O4S. The Morgan fingerprint density at radius 3 is 2.17 bits per heavy atom. The van der Waals surface area contributed by atoms with Gasteiger partial charge >= 0.3 is 0 Å². The van der Waals surface area contributed by atoms with Gasteiger partial charge in [0.1, 0.15) is 22.2 Å². The molecule has 0 aliphatic carbocycles. The molecule has 4 aromatic rings. The number of fused-ring (bicyclic) bond motifs is 1. The SMILES string of the molecule is COc1cc(/C=C(\c2nc3ccccc3[nH]2)S(=O)(=O)c2ccccc2)cc(OC)c1. The summed E-state index contributed by atoms with van der Waals surface area (Å²) in [6.07, 6.45) is 1.57. The quantitative estimate of drug-likeness (QED) is 0.495. The third-order valence-corrected chi connectivity index (χ3v) is 6.42. The Morgan fingerprint density at radius 1 is 0.900 bits per heavy atom. The van der Waals surface area contributed by atoms with Crippen LogP contribution in [0.25, 0.3) is 22.0 Å². The molecule has 0 saturated heterocycles. The van der Waals surface area contributed by atoms with Crippen molar-refractivity contribution < 1.29 is 17.9 Å². The third kappa shape index (κ3) is 3.79. The molecule has 6 nitrogen and oxygen atoms in total. The molecule has 0 aliphatic rings. The van der Waals surface area contributed by atoms with Gasteiger partial charge in [0.15, 0.2) is 0 Å². The summed E-state index contributed by atoms with van der Waals surface area (Å²) < 4.78 is 37.7. The Hall–Kier alpha value is -3.58. The Bertz CT molecular complexity index is 1270. The van der Waals surface area contributed by atoms with Gasteiger partial charge in [0, 0.05) is 6.07 Å². The van der Waals surface area contributed by atoms with Gasteiger partial charge < -0.3 is 14.5 Å². The molecule has 0 radical (unpaired) electrons. The molecule has 0 bridgehead atoms. The van der Waals surface area contributed by atoms with Gasteiger partial charge in [-0.25, -0.2) is 13.4 Å². The maximum Gasteiger partial charge on any atom is 0.210 e. The molecule has 30 heavy (non-hydrogen) atoms. The van der Waals surface area contributed by atoms with E-state index in [1.54, 1.807) is 68.8 Å². The summed E-state index contributed by atoms with van der Waals surface area (Å²) in [5, 5.41) is 0. The first-order valence-corrected chi connectivity index (χ1v) is 10.7. The summed E-state index contributed by atoms with van der Waals surface area (Å²) in [5.41, 5.74) is 2.05. The molecule has 1 heterocycles. The number of aromatic nitrogens is 2. The highest BCUT2D eigenvalue weighted by atomic mass is 32.2. The van der Waals surface area contributed by atoms with Gasteiger partial charge in [0.2, 0.25) is 9.84 Å². The van der Waals surface area contributed by atoms with Crippen LogP contribution in [-0.2, 0) is 9.84 Å².